The zero-order valence-corrected chi connectivity index (χ0v) is 17.4. The van der Waals surface area contributed by atoms with E-state index in [1.54, 1.807) is 17.1 Å². The molecule has 0 spiro atoms. The Bertz CT molecular complexity index is 995. The number of aromatic nitrogens is 6. The second kappa shape index (κ2) is 7.46. The number of hydrogen-bond donors (Lipinski definition) is 0. The summed E-state index contributed by atoms with van der Waals surface area (Å²) in [6.45, 7) is 6.84. The lowest BCUT2D eigenvalue weighted by molar-refractivity contribution is 0.0670. The van der Waals surface area contributed by atoms with Crippen molar-refractivity contribution in [3.05, 3.63) is 36.2 Å². The van der Waals surface area contributed by atoms with Crippen LogP contribution in [0, 0.1) is 0 Å². The van der Waals surface area contributed by atoms with Gasteiger partial charge in [-0.3, -0.25) is 14.2 Å². The molecule has 1 fully saturated rings. The van der Waals surface area contributed by atoms with E-state index in [0.717, 1.165) is 31.2 Å². The molecule has 1 aliphatic rings. The first-order chi connectivity index (χ1) is 13.8. The van der Waals surface area contributed by atoms with Gasteiger partial charge in [-0.1, -0.05) is 18.0 Å². The SMILES string of the molecule is Cn1cc(-c2nc([C@H]3CCCCCN3C(=O)c3cnn(C(C)(C)C)c3)no2)cn1. The van der Waals surface area contributed by atoms with Crippen LogP contribution in [0.3, 0.4) is 0 Å². The third kappa shape index (κ3) is 3.94. The smallest absolute Gasteiger partial charge is 0.261 e. The van der Waals surface area contributed by atoms with E-state index in [-0.39, 0.29) is 17.5 Å². The topological polar surface area (TPSA) is 94.9 Å². The fraction of sp³-hybridized carbons (Fsp3) is 0.550. The Kier molecular flexibility index (Phi) is 4.97. The summed E-state index contributed by atoms with van der Waals surface area (Å²) in [5.41, 5.74) is 1.18. The third-order valence-corrected chi connectivity index (χ3v) is 5.22. The van der Waals surface area contributed by atoms with Gasteiger partial charge in [0.25, 0.3) is 11.8 Å². The fourth-order valence-corrected chi connectivity index (χ4v) is 3.60. The maximum atomic E-state index is 13.3. The highest BCUT2D eigenvalue weighted by Crippen LogP contribution is 2.31. The van der Waals surface area contributed by atoms with E-state index >= 15 is 0 Å². The zero-order valence-electron chi connectivity index (χ0n) is 17.4. The highest BCUT2D eigenvalue weighted by molar-refractivity contribution is 5.94. The predicted octanol–water partition coefficient (Wildman–Crippen LogP) is 3.18. The molecule has 3 aromatic rings. The van der Waals surface area contributed by atoms with Crippen LogP contribution in [0.4, 0.5) is 0 Å². The van der Waals surface area contributed by atoms with Crippen molar-refractivity contribution in [2.75, 3.05) is 6.54 Å². The fourth-order valence-electron chi connectivity index (χ4n) is 3.60. The van der Waals surface area contributed by atoms with Crippen molar-refractivity contribution in [3.8, 4) is 11.5 Å². The molecule has 9 heteroatoms. The van der Waals surface area contributed by atoms with E-state index in [1.165, 1.54) is 0 Å². The lowest BCUT2D eigenvalue weighted by Gasteiger charge is -2.27. The standard InChI is InChI=1S/C20H27N7O2/c1-20(2,3)27-13-15(11-22-27)19(28)26-9-7-5-6-8-16(26)17-23-18(29-24-17)14-10-21-25(4)12-14/h10-13,16H,5-9H2,1-4H3/t16-/m1/s1. The van der Waals surface area contributed by atoms with Gasteiger partial charge in [0.2, 0.25) is 0 Å². The van der Waals surface area contributed by atoms with Crippen LogP contribution in [0.25, 0.3) is 11.5 Å². The Morgan fingerprint density at radius 1 is 1.14 bits per heavy atom. The van der Waals surface area contributed by atoms with Gasteiger partial charge >= 0.3 is 0 Å². The molecule has 0 aromatic carbocycles. The number of hydrogen-bond acceptors (Lipinski definition) is 6. The number of carbonyl (C=O) groups is 1. The molecular formula is C20H27N7O2. The largest absolute Gasteiger partial charge is 0.334 e. The van der Waals surface area contributed by atoms with Crippen molar-refractivity contribution in [1.29, 1.82) is 0 Å². The van der Waals surface area contributed by atoms with E-state index in [9.17, 15) is 4.79 Å². The number of amides is 1. The van der Waals surface area contributed by atoms with Gasteiger partial charge in [-0.15, -0.1) is 0 Å². The molecule has 0 radical (unpaired) electrons. The van der Waals surface area contributed by atoms with E-state index in [1.807, 2.05) is 29.0 Å². The second-order valence-corrected chi connectivity index (χ2v) is 8.57. The van der Waals surface area contributed by atoms with Gasteiger partial charge in [0.1, 0.15) is 0 Å². The van der Waals surface area contributed by atoms with Gasteiger partial charge in [0, 0.05) is 26.0 Å². The van der Waals surface area contributed by atoms with Crippen LogP contribution in [0.15, 0.2) is 29.3 Å². The summed E-state index contributed by atoms with van der Waals surface area (Å²) in [5, 5.41) is 12.7. The molecule has 1 atom stereocenters. The molecule has 0 N–H and O–H groups in total. The van der Waals surface area contributed by atoms with Gasteiger partial charge < -0.3 is 9.42 Å². The molecule has 0 aliphatic carbocycles. The molecule has 29 heavy (non-hydrogen) atoms. The van der Waals surface area contributed by atoms with Crippen LogP contribution in [0.2, 0.25) is 0 Å². The maximum Gasteiger partial charge on any atom is 0.261 e. The monoisotopic (exact) mass is 397 g/mol. The molecule has 154 valence electrons. The van der Waals surface area contributed by atoms with E-state index < -0.39 is 0 Å². The summed E-state index contributed by atoms with van der Waals surface area (Å²) in [7, 11) is 1.84. The average molecular weight is 397 g/mol. The maximum absolute atomic E-state index is 13.3. The van der Waals surface area contributed by atoms with Crippen molar-refractivity contribution in [2.24, 2.45) is 7.05 Å². The molecule has 1 amide bonds. The van der Waals surface area contributed by atoms with E-state index in [2.05, 4.69) is 41.1 Å². The number of rotatable bonds is 3. The minimum Gasteiger partial charge on any atom is -0.334 e. The first-order valence-corrected chi connectivity index (χ1v) is 10.0. The lowest BCUT2D eigenvalue weighted by atomic mass is 10.1. The molecule has 3 aromatic heterocycles. The highest BCUT2D eigenvalue weighted by Gasteiger charge is 2.32. The summed E-state index contributed by atoms with van der Waals surface area (Å²) in [4.78, 5) is 19.8. The van der Waals surface area contributed by atoms with E-state index in [4.69, 9.17) is 4.52 Å². The van der Waals surface area contributed by atoms with Crippen molar-refractivity contribution < 1.29 is 9.32 Å². The van der Waals surface area contributed by atoms with Gasteiger partial charge in [0.15, 0.2) is 5.82 Å². The summed E-state index contributed by atoms with van der Waals surface area (Å²) < 4.78 is 8.98. The van der Waals surface area contributed by atoms with E-state index in [0.29, 0.717) is 23.8 Å². The van der Waals surface area contributed by atoms with Crippen LogP contribution >= 0.6 is 0 Å². The van der Waals surface area contributed by atoms with Crippen LogP contribution < -0.4 is 0 Å². The normalized spacial score (nSPS) is 18.1. The van der Waals surface area contributed by atoms with Crippen LogP contribution in [-0.4, -0.2) is 47.1 Å². The van der Waals surface area contributed by atoms with Crippen molar-refractivity contribution >= 4 is 5.91 Å². The molecule has 9 nitrogen and oxygen atoms in total. The second-order valence-electron chi connectivity index (χ2n) is 8.57. The molecule has 4 heterocycles. The summed E-state index contributed by atoms with van der Waals surface area (Å²) >= 11 is 0. The minimum atomic E-state index is -0.211. The Labute approximate surface area is 169 Å². The number of likely N-dealkylation sites (tertiary alicyclic amines) is 1. The van der Waals surface area contributed by atoms with Gasteiger partial charge in [-0.2, -0.15) is 15.2 Å². The van der Waals surface area contributed by atoms with Crippen LogP contribution in [-0.2, 0) is 12.6 Å². The van der Waals surface area contributed by atoms with Gasteiger partial charge in [-0.05, 0) is 33.6 Å². The lowest BCUT2D eigenvalue weighted by Crippen LogP contribution is -2.35. The molecule has 4 rings (SSSR count). The third-order valence-electron chi connectivity index (χ3n) is 5.22. The Hall–Kier alpha value is -2.97. The minimum absolute atomic E-state index is 0.0415. The Morgan fingerprint density at radius 3 is 2.66 bits per heavy atom. The molecule has 0 unspecified atom stereocenters. The summed E-state index contributed by atoms with van der Waals surface area (Å²) in [5.74, 6) is 0.924. The summed E-state index contributed by atoms with van der Waals surface area (Å²) in [6.07, 6.45) is 10.9. The van der Waals surface area contributed by atoms with Gasteiger partial charge in [-0.25, -0.2) is 0 Å². The van der Waals surface area contributed by atoms with Crippen molar-refractivity contribution in [3.63, 3.8) is 0 Å². The first-order valence-electron chi connectivity index (χ1n) is 10.0. The molecule has 0 saturated carbocycles. The molecule has 1 aliphatic heterocycles. The Balaban J connectivity index is 1.62. The highest BCUT2D eigenvalue weighted by atomic mass is 16.5. The van der Waals surface area contributed by atoms with Crippen molar-refractivity contribution in [2.45, 2.75) is 58.0 Å². The van der Waals surface area contributed by atoms with Crippen LogP contribution in [0.5, 0.6) is 0 Å². The van der Waals surface area contributed by atoms with Crippen LogP contribution in [0.1, 0.15) is 68.7 Å². The Morgan fingerprint density at radius 2 is 1.97 bits per heavy atom. The quantitative estimate of drug-likeness (QED) is 0.674. The van der Waals surface area contributed by atoms with Crippen molar-refractivity contribution in [1.82, 2.24) is 34.6 Å². The number of aryl methyl sites for hydroxylation is 1. The predicted molar refractivity (Wildman–Crippen MR) is 106 cm³/mol. The average Bonchev–Trinajstić information content (AvgIpc) is 3.39. The molecule has 1 saturated heterocycles. The number of nitrogens with zero attached hydrogens (tertiary/aromatic N) is 7. The zero-order chi connectivity index (χ0) is 20.6. The van der Waals surface area contributed by atoms with Gasteiger partial charge in [0.05, 0.1) is 35.1 Å². The first kappa shape index (κ1) is 19.4. The molecular weight excluding hydrogens is 370 g/mol. The molecule has 0 bridgehead atoms. The number of carbonyl (C=O) groups excluding carboxylic acids is 1. The summed E-state index contributed by atoms with van der Waals surface area (Å²) in [6, 6.07) is -0.211.